The van der Waals surface area contributed by atoms with E-state index in [0.29, 0.717) is 11.5 Å². The summed E-state index contributed by atoms with van der Waals surface area (Å²) in [6.07, 6.45) is -0.484. The molecule has 110 valence electrons. The number of carboxylic acid groups (broad SMARTS) is 1. The van der Waals surface area contributed by atoms with Crippen molar-refractivity contribution in [3.63, 3.8) is 0 Å². The number of benzene rings is 1. The summed E-state index contributed by atoms with van der Waals surface area (Å²) in [5, 5.41) is 8.46. The average Bonchev–Trinajstić information content (AvgIpc) is 2.36. The Morgan fingerprint density at radius 2 is 1.70 bits per heavy atom. The van der Waals surface area contributed by atoms with Crippen molar-refractivity contribution in [3.8, 4) is 0 Å². The minimum atomic E-state index is -3.68. The van der Waals surface area contributed by atoms with Gasteiger partial charge in [-0.05, 0) is 11.5 Å². The van der Waals surface area contributed by atoms with Crippen LogP contribution in [0.15, 0.2) is 24.3 Å². The first kappa shape index (κ1) is 16.4. The van der Waals surface area contributed by atoms with Crippen molar-refractivity contribution in [2.45, 2.75) is 26.2 Å². The van der Waals surface area contributed by atoms with E-state index in [2.05, 4.69) is 0 Å². The number of carbonyl (C=O) groups excluding carboxylic acids is 1. The SMILES string of the molecule is CC(C)c1ccc(C(=O)CS(=O)(=O)CCC(=O)O)cc1. The first-order valence-electron chi connectivity index (χ1n) is 6.26. The summed E-state index contributed by atoms with van der Waals surface area (Å²) in [5.74, 6) is -2.54. The van der Waals surface area contributed by atoms with Crippen LogP contribution in [0.2, 0.25) is 0 Å². The van der Waals surface area contributed by atoms with Gasteiger partial charge in [0.05, 0.1) is 12.2 Å². The molecule has 0 fully saturated rings. The Balaban J connectivity index is 2.73. The lowest BCUT2D eigenvalue weighted by Crippen LogP contribution is -2.20. The van der Waals surface area contributed by atoms with E-state index in [0.717, 1.165) is 5.56 Å². The van der Waals surface area contributed by atoms with Crippen molar-refractivity contribution in [3.05, 3.63) is 35.4 Å². The number of hydrogen-bond acceptors (Lipinski definition) is 4. The Morgan fingerprint density at radius 1 is 1.15 bits per heavy atom. The third-order valence-electron chi connectivity index (χ3n) is 2.88. The van der Waals surface area contributed by atoms with Crippen molar-refractivity contribution in [2.24, 2.45) is 0 Å². The average molecular weight is 298 g/mol. The van der Waals surface area contributed by atoms with Crippen LogP contribution >= 0.6 is 0 Å². The highest BCUT2D eigenvalue weighted by Crippen LogP contribution is 2.15. The topological polar surface area (TPSA) is 88.5 Å². The quantitative estimate of drug-likeness (QED) is 0.776. The maximum atomic E-state index is 11.9. The number of carbonyl (C=O) groups is 2. The molecule has 1 rings (SSSR count). The molecule has 0 heterocycles. The maximum absolute atomic E-state index is 11.9. The Bertz CT molecular complexity index is 584. The largest absolute Gasteiger partial charge is 0.481 e. The Hall–Kier alpha value is -1.69. The van der Waals surface area contributed by atoms with Crippen LogP contribution < -0.4 is 0 Å². The Labute approximate surface area is 118 Å². The summed E-state index contributed by atoms with van der Waals surface area (Å²) < 4.78 is 23.2. The maximum Gasteiger partial charge on any atom is 0.304 e. The minimum Gasteiger partial charge on any atom is -0.481 e. The lowest BCUT2D eigenvalue weighted by atomic mass is 10.0. The van der Waals surface area contributed by atoms with Gasteiger partial charge in [0, 0.05) is 5.56 Å². The van der Waals surface area contributed by atoms with Gasteiger partial charge in [0.2, 0.25) is 0 Å². The van der Waals surface area contributed by atoms with Crippen LogP contribution in [0.3, 0.4) is 0 Å². The minimum absolute atomic E-state index is 0.327. The van der Waals surface area contributed by atoms with Gasteiger partial charge >= 0.3 is 5.97 Å². The summed E-state index contributed by atoms with van der Waals surface area (Å²) in [4.78, 5) is 22.2. The van der Waals surface area contributed by atoms with E-state index < -0.39 is 39.5 Å². The molecule has 0 aliphatic carbocycles. The molecule has 0 saturated heterocycles. The lowest BCUT2D eigenvalue weighted by molar-refractivity contribution is -0.136. The van der Waals surface area contributed by atoms with Gasteiger partial charge in [0.1, 0.15) is 5.75 Å². The van der Waals surface area contributed by atoms with Crippen molar-refractivity contribution < 1.29 is 23.1 Å². The first-order chi connectivity index (χ1) is 9.21. The van der Waals surface area contributed by atoms with E-state index in [1.165, 1.54) is 0 Å². The monoisotopic (exact) mass is 298 g/mol. The lowest BCUT2D eigenvalue weighted by Gasteiger charge is -2.06. The molecule has 0 saturated carbocycles. The molecular formula is C14H18O5S. The van der Waals surface area contributed by atoms with Gasteiger partial charge < -0.3 is 5.11 Å². The fraction of sp³-hybridized carbons (Fsp3) is 0.429. The predicted octanol–water partition coefficient (Wildman–Crippen LogP) is 1.88. The Morgan fingerprint density at radius 3 is 2.15 bits per heavy atom. The number of aliphatic carboxylic acids is 1. The summed E-state index contributed by atoms with van der Waals surface area (Å²) >= 11 is 0. The van der Waals surface area contributed by atoms with E-state index in [-0.39, 0.29) is 0 Å². The molecule has 20 heavy (non-hydrogen) atoms. The second-order valence-electron chi connectivity index (χ2n) is 4.94. The molecule has 1 aromatic rings. The normalized spacial score (nSPS) is 11.6. The highest BCUT2D eigenvalue weighted by atomic mass is 32.2. The van der Waals surface area contributed by atoms with Crippen LogP contribution in [0.5, 0.6) is 0 Å². The standard InChI is InChI=1S/C14H18O5S/c1-10(2)11-3-5-12(6-4-11)13(15)9-20(18,19)8-7-14(16)17/h3-6,10H,7-9H2,1-2H3,(H,16,17). The van der Waals surface area contributed by atoms with Gasteiger partial charge in [-0.3, -0.25) is 9.59 Å². The smallest absolute Gasteiger partial charge is 0.304 e. The van der Waals surface area contributed by atoms with E-state index >= 15 is 0 Å². The van der Waals surface area contributed by atoms with Crippen LogP contribution in [0.4, 0.5) is 0 Å². The van der Waals surface area contributed by atoms with E-state index in [1.807, 2.05) is 13.8 Å². The van der Waals surface area contributed by atoms with E-state index in [1.54, 1.807) is 24.3 Å². The molecule has 0 spiro atoms. The van der Waals surface area contributed by atoms with Crippen LogP contribution in [-0.2, 0) is 14.6 Å². The molecule has 0 bridgehead atoms. The molecule has 0 amide bonds. The molecule has 5 nitrogen and oxygen atoms in total. The Kier molecular flexibility index (Phi) is 5.44. The van der Waals surface area contributed by atoms with Crippen molar-refractivity contribution >= 4 is 21.6 Å². The van der Waals surface area contributed by atoms with Crippen LogP contribution in [0, 0.1) is 0 Å². The number of hydrogen-bond donors (Lipinski definition) is 1. The zero-order valence-corrected chi connectivity index (χ0v) is 12.3. The molecule has 1 N–H and O–H groups in total. The van der Waals surface area contributed by atoms with Gasteiger partial charge in [-0.2, -0.15) is 0 Å². The van der Waals surface area contributed by atoms with Crippen LogP contribution in [0.1, 0.15) is 42.1 Å². The number of carboxylic acids is 1. The van der Waals surface area contributed by atoms with Crippen LogP contribution in [0.25, 0.3) is 0 Å². The highest BCUT2D eigenvalue weighted by Gasteiger charge is 2.19. The second-order valence-corrected chi connectivity index (χ2v) is 7.12. The molecule has 0 aliphatic heterocycles. The molecule has 0 aromatic heterocycles. The van der Waals surface area contributed by atoms with Crippen molar-refractivity contribution in [1.29, 1.82) is 0 Å². The van der Waals surface area contributed by atoms with Crippen molar-refractivity contribution in [2.75, 3.05) is 11.5 Å². The number of ketones is 1. The fourth-order valence-corrected chi connectivity index (χ4v) is 2.85. The zero-order valence-electron chi connectivity index (χ0n) is 11.5. The van der Waals surface area contributed by atoms with Gasteiger partial charge in [0.25, 0.3) is 0 Å². The summed E-state index contributed by atoms with van der Waals surface area (Å²) in [6.45, 7) is 4.04. The van der Waals surface area contributed by atoms with Gasteiger partial charge in [-0.15, -0.1) is 0 Å². The highest BCUT2D eigenvalue weighted by molar-refractivity contribution is 7.92. The fourth-order valence-electron chi connectivity index (χ4n) is 1.65. The number of sulfone groups is 1. The second kappa shape index (κ2) is 6.65. The molecule has 6 heteroatoms. The van der Waals surface area contributed by atoms with E-state index in [4.69, 9.17) is 5.11 Å². The number of rotatable bonds is 7. The zero-order chi connectivity index (χ0) is 15.3. The van der Waals surface area contributed by atoms with Crippen molar-refractivity contribution in [1.82, 2.24) is 0 Å². The van der Waals surface area contributed by atoms with Gasteiger partial charge in [-0.1, -0.05) is 38.1 Å². The molecule has 1 aromatic carbocycles. The third kappa shape index (κ3) is 5.13. The molecule has 0 atom stereocenters. The third-order valence-corrected chi connectivity index (χ3v) is 4.41. The van der Waals surface area contributed by atoms with Crippen LogP contribution in [-0.4, -0.2) is 36.8 Å². The summed E-state index contributed by atoms with van der Waals surface area (Å²) in [5.41, 5.74) is 1.39. The molecule has 0 aliphatic rings. The summed E-state index contributed by atoms with van der Waals surface area (Å²) in [6, 6.07) is 6.79. The molecule has 0 unspecified atom stereocenters. The van der Waals surface area contributed by atoms with Gasteiger partial charge in [-0.25, -0.2) is 8.42 Å². The van der Waals surface area contributed by atoms with E-state index in [9.17, 15) is 18.0 Å². The first-order valence-corrected chi connectivity index (χ1v) is 8.09. The molecule has 0 radical (unpaired) electrons. The number of Topliss-reactive ketones (excluding diaryl/α,β-unsaturated/α-hetero) is 1. The predicted molar refractivity (Wildman–Crippen MR) is 75.8 cm³/mol. The van der Waals surface area contributed by atoms with Gasteiger partial charge in [0.15, 0.2) is 15.6 Å². The summed E-state index contributed by atoms with van der Waals surface area (Å²) in [7, 11) is -3.68. The molecular weight excluding hydrogens is 280 g/mol.